The van der Waals surface area contributed by atoms with Gasteiger partial charge in [-0.25, -0.2) is 0 Å². The number of anilines is 1. The van der Waals surface area contributed by atoms with E-state index in [2.05, 4.69) is 11.9 Å². The molecule has 0 fully saturated rings. The molecule has 2 aromatic carbocycles. The van der Waals surface area contributed by atoms with Crippen LogP contribution in [0.3, 0.4) is 0 Å². The molecule has 0 aromatic heterocycles. The van der Waals surface area contributed by atoms with E-state index in [0.29, 0.717) is 17.7 Å². The number of hydrogen-bond donors (Lipinski definition) is 2. The summed E-state index contributed by atoms with van der Waals surface area (Å²) in [6.45, 7) is 4.56. The molecule has 0 amide bonds. The normalized spacial score (nSPS) is 12.8. The third-order valence-electron chi connectivity index (χ3n) is 3.54. The second-order valence-electron chi connectivity index (χ2n) is 4.73. The second kappa shape index (κ2) is 4.94. The molecular formula is C17H15NO2. The summed E-state index contributed by atoms with van der Waals surface area (Å²) < 4.78 is 0. The lowest BCUT2D eigenvalue weighted by Gasteiger charge is -2.23. The number of nitrogens with one attached hydrogen (secondary N) is 1. The van der Waals surface area contributed by atoms with Gasteiger partial charge in [0.25, 0.3) is 0 Å². The number of aliphatic hydroxyl groups excluding tert-OH is 1. The van der Waals surface area contributed by atoms with E-state index in [1.807, 2.05) is 42.5 Å². The topological polar surface area (TPSA) is 49.3 Å². The summed E-state index contributed by atoms with van der Waals surface area (Å²) >= 11 is 0. The summed E-state index contributed by atoms with van der Waals surface area (Å²) in [6, 6.07) is 13.2. The lowest BCUT2D eigenvalue weighted by molar-refractivity contribution is 0.103. The molecule has 0 saturated carbocycles. The Labute approximate surface area is 117 Å². The van der Waals surface area contributed by atoms with Crippen LogP contribution in [0, 0.1) is 0 Å². The molecule has 2 N–H and O–H groups in total. The van der Waals surface area contributed by atoms with E-state index in [4.69, 9.17) is 5.11 Å². The molecule has 1 aliphatic carbocycles. The van der Waals surface area contributed by atoms with Gasteiger partial charge in [-0.15, -0.1) is 0 Å². The molecule has 0 saturated heterocycles. The Kier molecular flexibility index (Phi) is 3.12. The predicted octanol–water partition coefficient (Wildman–Crippen LogP) is 2.70. The zero-order chi connectivity index (χ0) is 14.1. The molecule has 3 nitrogen and oxygen atoms in total. The molecule has 100 valence electrons. The van der Waals surface area contributed by atoms with Crippen LogP contribution in [0.1, 0.15) is 27.0 Å². The highest BCUT2D eigenvalue weighted by molar-refractivity contribution is 6.21. The van der Waals surface area contributed by atoms with Gasteiger partial charge >= 0.3 is 0 Å². The van der Waals surface area contributed by atoms with Crippen LogP contribution in [0.5, 0.6) is 0 Å². The van der Waals surface area contributed by atoms with Crippen LogP contribution in [0.2, 0.25) is 0 Å². The van der Waals surface area contributed by atoms with Crippen molar-refractivity contribution in [1.82, 2.24) is 0 Å². The molecular weight excluding hydrogens is 250 g/mol. The summed E-state index contributed by atoms with van der Waals surface area (Å²) in [4.78, 5) is 12.7. The van der Waals surface area contributed by atoms with Gasteiger partial charge in [-0.2, -0.15) is 0 Å². The van der Waals surface area contributed by atoms with Crippen molar-refractivity contribution in [3.63, 3.8) is 0 Å². The van der Waals surface area contributed by atoms with Crippen molar-refractivity contribution in [2.45, 2.75) is 0 Å². The van der Waals surface area contributed by atoms with Gasteiger partial charge in [-0.1, -0.05) is 43.0 Å². The van der Waals surface area contributed by atoms with Crippen LogP contribution in [0.4, 0.5) is 5.69 Å². The third kappa shape index (κ3) is 1.84. The largest absolute Gasteiger partial charge is 0.395 e. The standard InChI is InChI=1S/C17H15NO2/c1-11-12-5-2-3-6-14(12)17(20)16-13(11)7-4-8-15(16)18-9-10-19/h2-8,18-19H,1,9-10H2. The van der Waals surface area contributed by atoms with Crippen LogP contribution in [-0.2, 0) is 0 Å². The minimum atomic E-state index is 0.00374. The van der Waals surface area contributed by atoms with E-state index < -0.39 is 0 Å². The summed E-state index contributed by atoms with van der Waals surface area (Å²) in [5.74, 6) is 0.00374. The molecule has 0 aliphatic heterocycles. The SMILES string of the molecule is C=C1c2ccccc2C(=O)c2c(NCCO)cccc21. The van der Waals surface area contributed by atoms with Gasteiger partial charge in [0.05, 0.1) is 12.2 Å². The Morgan fingerprint density at radius 3 is 2.45 bits per heavy atom. The molecule has 1 aliphatic rings. The molecule has 0 heterocycles. The highest BCUT2D eigenvalue weighted by Gasteiger charge is 2.27. The fourth-order valence-electron chi connectivity index (χ4n) is 2.61. The van der Waals surface area contributed by atoms with Crippen LogP contribution in [0.15, 0.2) is 49.0 Å². The van der Waals surface area contributed by atoms with Gasteiger partial charge in [0.15, 0.2) is 5.78 Å². The molecule has 0 bridgehead atoms. The van der Waals surface area contributed by atoms with E-state index in [1.54, 1.807) is 0 Å². The predicted molar refractivity (Wildman–Crippen MR) is 80.0 cm³/mol. The molecule has 0 atom stereocenters. The van der Waals surface area contributed by atoms with Gasteiger partial charge in [-0.05, 0) is 22.8 Å². The highest BCUT2D eigenvalue weighted by Crippen LogP contribution is 2.37. The first-order valence-corrected chi connectivity index (χ1v) is 6.55. The van der Waals surface area contributed by atoms with Crippen LogP contribution in [-0.4, -0.2) is 24.0 Å². The molecule has 2 aromatic rings. The first-order chi connectivity index (χ1) is 9.74. The van der Waals surface area contributed by atoms with Crippen LogP contribution >= 0.6 is 0 Å². The smallest absolute Gasteiger partial charge is 0.196 e. The molecule has 3 heteroatoms. The number of ketones is 1. The number of rotatable bonds is 3. The van der Waals surface area contributed by atoms with Crippen molar-refractivity contribution < 1.29 is 9.90 Å². The Balaban J connectivity index is 2.18. The second-order valence-corrected chi connectivity index (χ2v) is 4.73. The average molecular weight is 265 g/mol. The fraction of sp³-hybridized carbons (Fsp3) is 0.118. The minimum absolute atomic E-state index is 0.00374. The average Bonchev–Trinajstić information content (AvgIpc) is 2.50. The van der Waals surface area contributed by atoms with Crippen LogP contribution in [0.25, 0.3) is 5.57 Å². The van der Waals surface area contributed by atoms with Gasteiger partial charge in [0.1, 0.15) is 0 Å². The number of hydrogen-bond acceptors (Lipinski definition) is 3. The van der Waals surface area contributed by atoms with E-state index >= 15 is 0 Å². The first kappa shape index (κ1) is 12.6. The lowest BCUT2D eigenvalue weighted by atomic mass is 9.81. The quantitative estimate of drug-likeness (QED) is 0.765. The van der Waals surface area contributed by atoms with Crippen molar-refractivity contribution in [3.05, 3.63) is 71.3 Å². The van der Waals surface area contributed by atoms with Gasteiger partial charge in [-0.3, -0.25) is 4.79 Å². The van der Waals surface area contributed by atoms with Gasteiger partial charge in [0, 0.05) is 17.8 Å². The Morgan fingerprint density at radius 1 is 1.00 bits per heavy atom. The van der Waals surface area contributed by atoms with Gasteiger partial charge in [0.2, 0.25) is 0 Å². The van der Waals surface area contributed by atoms with Crippen molar-refractivity contribution in [1.29, 1.82) is 0 Å². The fourth-order valence-corrected chi connectivity index (χ4v) is 2.61. The lowest BCUT2D eigenvalue weighted by Crippen LogP contribution is -2.17. The Bertz CT molecular complexity index is 704. The third-order valence-corrected chi connectivity index (χ3v) is 3.54. The summed E-state index contributed by atoms with van der Waals surface area (Å²) in [5.41, 5.74) is 4.69. The van der Waals surface area contributed by atoms with Gasteiger partial charge < -0.3 is 10.4 Å². The Morgan fingerprint density at radius 2 is 1.70 bits per heavy atom. The van der Waals surface area contributed by atoms with Crippen molar-refractivity contribution in [3.8, 4) is 0 Å². The summed E-state index contributed by atoms with van der Waals surface area (Å²) in [5, 5.41) is 12.0. The molecule has 0 spiro atoms. The zero-order valence-corrected chi connectivity index (χ0v) is 11.0. The monoisotopic (exact) mass is 265 g/mol. The molecule has 20 heavy (non-hydrogen) atoms. The van der Waals surface area contributed by atoms with Crippen LogP contribution < -0.4 is 5.32 Å². The maximum absolute atomic E-state index is 12.7. The first-order valence-electron chi connectivity index (χ1n) is 6.55. The number of carbonyl (C=O) groups is 1. The number of benzene rings is 2. The van der Waals surface area contributed by atoms with E-state index in [9.17, 15) is 4.79 Å². The minimum Gasteiger partial charge on any atom is -0.395 e. The van der Waals surface area contributed by atoms with E-state index in [0.717, 1.165) is 22.4 Å². The molecule has 3 rings (SSSR count). The number of fused-ring (bicyclic) bond motifs is 2. The maximum Gasteiger partial charge on any atom is 0.196 e. The van der Waals surface area contributed by atoms with Crippen molar-refractivity contribution >= 4 is 17.0 Å². The van der Waals surface area contributed by atoms with Crippen molar-refractivity contribution in [2.24, 2.45) is 0 Å². The molecule has 0 radical (unpaired) electrons. The van der Waals surface area contributed by atoms with E-state index in [1.165, 1.54) is 0 Å². The summed E-state index contributed by atoms with van der Waals surface area (Å²) in [6.07, 6.45) is 0. The highest BCUT2D eigenvalue weighted by atomic mass is 16.3. The summed E-state index contributed by atoms with van der Waals surface area (Å²) in [7, 11) is 0. The zero-order valence-electron chi connectivity index (χ0n) is 11.0. The number of carbonyl (C=O) groups excluding carboxylic acids is 1. The Hall–Kier alpha value is -2.39. The maximum atomic E-state index is 12.7. The van der Waals surface area contributed by atoms with Crippen molar-refractivity contribution in [2.75, 3.05) is 18.5 Å². The van der Waals surface area contributed by atoms with E-state index in [-0.39, 0.29) is 12.4 Å². The molecule has 0 unspecified atom stereocenters. The number of aliphatic hydroxyl groups is 1.